The van der Waals surface area contributed by atoms with E-state index in [1.807, 2.05) is 35.2 Å². The van der Waals surface area contributed by atoms with Crippen molar-refractivity contribution in [3.8, 4) is 11.5 Å². The SMILES string of the molecule is COc1ccc(C(OCC2CCN(C(=O)CCCCCNC(=O)OC3CCC4(C)C(=CCC5C4CCC4(C)C(C(C)CCCC(C)C)CCC54)C3)C2)(c2ccccc2)c2ccc(OC)cc2)cc1. The summed E-state index contributed by atoms with van der Waals surface area (Å²) >= 11 is 0. The number of hydrogen-bond donors (Lipinski definition) is 1. The number of fused-ring (bicyclic) bond motifs is 5. The molecule has 1 saturated heterocycles. The largest absolute Gasteiger partial charge is 0.497 e. The smallest absolute Gasteiger partial charge is 0.407 e. The van der Waals surface area contributed by atoms with Crippen molar-refractivity contribution >= 4 is 12.0 Å². The minimum atomic E-state index is -0.879. The highest BCUT2D eigenvalue weighted by atomic mass is 16.6. The average molecular weight is 929 g/mol. The van der Waals surface area contributed by atoms with E-state index in [1.54, 1.807) is 19.8 Å². The van der Waals surface area contributed by atoms with Crippen molar-refractivity contribution in [2.45, 2.75) is 149 Å². The predicted octanol–water partition coefficient (Wildman–Crippen LogP) is 13.6. The highest BCUT2D eigenvalue weighted by Gasteiger charge is 2.59. The van der Waals surface area contributed by atoms with E-state index in [1.165, 1.54) is 51.4 Å². The first-order chi connectivity index (χ1) is 32.9. The molecule has 9 atom stereocenters. The zero-order valence-electron chi connectivity index (χ0n) is 42.7. The van der Waals surface area contributed by atoms with Crippen LogP contribution in [0.5, 0.6) is 11.5 Å². The van der Waals surface area contributed by atoms with Gasteiger partial charge in [-0.3, -0.25) is 4.79 Å². The topological polar surface area (TPSA) is 86.3 Å². The van der Waals surface area contributed by atoms with Gasteiger partial charge in [-0.15, -0.1) is 0 Å². The van der Waals surface area contributed by atoms with E-state index in [2.05, 4.69) is 94.5 Å². The van der Waals surface area contributed by atoms with E-state index >= 15 is 0 Å². The van der Waals surface area contributed by atoms with Gasteiger partial charge in [0.05, 0.1) is 20.8 Å². The second kappa shape index (κ2) is 22.2. The molecule has 0 radical (unpaired) electrons. The summed E-state index contributed by atoms with van der Waals surface area (Å²) in [7, 11) is 3.36. The van der Waals surface area contributed by atoms with Crippen molar-refractivity contribution in [3.05, 3.63) is 107 Å². The average Bonchev–Trinajstić information content (AvgIpc) is 3.98. The number of unbranched alkanes of at least 4 members (excludes halogenated alkanes) is 2. The molecule has 3 aromatic rings. The Labute approximate surface area is 409 Å². The van der Waals surface area contributed by atoms with Gasteiger partial charge in [-0.25, -0.2) is 4.79 Å². The van der Waals surface area contributed by atoms with Crippen LogP contribution in [-0.4, -0.2) is 63.5 Å². The van der Waals surface area contributed by atoms with Crippen LogP contribution in [0.25, 0.3) is 0 Å². The Morgan fingerprint density at radius 1 is 0.765 bits per heavy atom. The number of allylic oxidation sites excluding steroid dienone is 1. The van der Waals surface area contributed by atoms with Crippen molar-refractivity contribution in [1.29, 1.82) is 0 Å². The Balaban J connectivity index is 0.762. The molecule has 370 valence electrons. The molecule has 8 rings (SSSR count). The standard InChI is InChI=1S/C60H84N2O6/c1-42(2)15-14-16-43(3)53-30-31-54-52-29-24-48-39-51(32-35-58(48,4)55(52)33-36-59(53,54)5)68-57(64)61-37-13-9-12-19-56(63)62-38-34-44(40-62)41-67-60(45-17-10-8-11-18-45,46-20-25-49(65-6)26-21-46)47-22-27-50(66-7)28-23-47/h8,10-11,17-18,20-28,42-44,51-55H,9,12-16,19,29-41H2,1-7H3,(H,61,64). The molecular weight excluding hydrogens is 845 g/mol. The molecule has 1 N–H and O–H groups in total. The lowest BCUT2D eigenvalue weighted by atomic mass is 9.47. The Kier molecular flexibility index (Phi) is 16.4. The normalized spacial score (nSPS) is 28.2. The van der Waals surface area contributed by atoms with Gasteiger partial charge < -0.3 is 29.2 Å². The van der Waals surface area contributed by atoms with Gasteiger partial charge in [-0.1, -0.05) is 127 Å². The molecule has 4 fully saturated rings. The highest BCUT2D eigenvalue weighted by molar-refractivity contribution is 5.76. The summed E-state index contributed by atoms with van der Waals surface area (Å²) in [5, 5.41) is 3.04. The number of likely N-dealkylation sites (tertiary alicyclic amines) is 1. The Morgan fingerprint density at radius 2 is 1.46 bits per heavy atom. The van der Waals surface area contributed by atoms with Gasteiger partial charge in [0, 0.05) is 38.4 Å². The fourth-order valence-corrected chi connectivity index (χ4v) is 14.4. The Morgan fingerprint density at radius 3 is 2.13 bits per heavy atom. The molecule has 3 aromatic carbocycles. The molecule has 8 nitrogen and oxygen atoms in total. The van der Waals surface area contributed by atoms with E-state index in [4.69, 9.17) is 18.9 Å². The van der Waals surface area contributed by atoms with Crippen molar-refractivity contribution in [3.63, 3.8) is 0 Å². The van der Waals surface area contributed by atoms with Gasteiger partial charge in [-0.05, 0) is 152 Å². The number of hydrogen-bond acceptors (Lipinski definition) is 6. The minimum absolute atomic E-state index is 0.0470. The van der Waals surface area contributed by atoms with E-state index in [9.17, 15) is 9.59 Å². The number of ether oxygens (including phenoxy) is 4. The number of carbonyl (C=O) groups is 2. The number of benzene rings is 3. The van der Waals surface area contributed by atoms with Gasteiger partial charge in [0.2, 0.25) is 5.91 Å². The van der Waals surface area contributed by atoms with Crippen LogP contribution < -0.4 is 14.8 Å². The molecule has 8 heteroatoms. The number of carbonyl (C=O) groups excluding carboxylic acids is 2. The summed E-state index contributed by atoms with van der Waals surface area (Å²) in [4.78, 5) is 28.5. The Bertz CT molecular complexity index is 2090. The van der Waals surface area contributed by atoms with Crippen LogP contribution in [0.4, 0.5) is 4.79 Å². The molecule has 68 heavy (non-hydrogen) atoms. The fourth-order valence-electron chi connectivity index (χ4n) is 14.4. The molecule has 1 aliphatic heterocycles. The number of nitrogens with zero attached hydrogens (tertiary/aromatic N) is 1. The summed E-state index contributed by atoms with van der Waals surface area (Å²) in [6.07, 6.45) is 20.1. The van der Waals surface area contributed by atoms with E-state index in [-0.39, 0.29) is 29.4 Å². The first-order valence-electron chi connectivity index (χ1n) is 26.8. The maximum absolute atomic E-state index is 13.5. The lowest BCUT2D eigenvalue weighted by Crippen LogP contribution is -2.51. The molecule has 2 amide bonds. The van der Waals surface area contributed by atoms with E-state index in [0.29, 0.717) is 31.5 Å². The number of amides is 2. The van der Waals surface area contributed by atoms with Crippen LogP contribution in [0.15, 0.2) is 90.5 Å². The maximum Gasteiger partial charge on any atom is 0.407 e. The molecular formula is C60H84N2O6. The third kappa shape index (κ3) is 10.7. The van der Waals surface area contributed by atoms with Crippen molar-refractivity contribution in [2.75, 3.05) is 40.5 Å². The van der Waals surface area contributed by atoms with Crippen LogP contribution in [0, 0.1) is 52.3 Å². The van der Waals surface area contributed by atoms with Crippen LogP contribution >= 0.6 is 0 Å². The summed E-state index contributed by atoms with van der Waals surface area (Å²) in [5.74, 6) is 6.93. The van der Waals surface area contributed by atoms with Gasteiger partial charge in [0.15, 0.2) is 0 Å². The molecule has 9 unspecified atom stereocenters. The minimum Gasteiger partial charge on any atom is -0.497 e. The quantitative estimate of drug-likeness (QED) is 0.0690. The van der Waals surface area contributed by atoms with Gasteiger partial charge in [0.25, 0.3) is 0 Å². The van der Waals surface area contributed by atoms with Crippen molar-refractivity contribution < 1.29 is 28.5 Å². The van der Waals surface area contributed by atoms with Crippen LogP contribution in [0.1, 0.15) is 154 Å². The second-order valence-corrected chi connectivity index (χ2v) is 22.6. The zero-order valence-corrected chi connectivity index (χ0v) is 42.7. The summed E-state index contributed by atoms with van der Waals surface area (Å²) in [6, 6.07) is 26.6. The van der Waals surface area contributed by atoms with Crippen molar-refractivity contribution in [2.24, 2.45) is 52.3 Å². The third-order valence-electron chi connectivity index (χ3n) is 18.2. The molecule has 5 aliphatic rings. The monoisotopic (exact) mass is 929 g/mol. The summed E-state index contributed by atoms with van der Waals surface area (Å²) in [5.41, 5.74) is 4.46. The summed E-state index contributed by atoms with van der Waals surface area (Å²) < 4.78 is 24.3. The number of alkyl carbamates (subject to hydrolysis) is 1. The maximum atomic E-state index is 13.5. The third-order valence-corrected chi connectivity index (χ3v) is 18.2. The number of methoxy groups -OCH3 is 2. The molecule has 4 aliphatic carbocycles. The van der Waals surface area contributed by atoms with Gasteiger partial charge in [0.1, 0.15) is 23.2 Å². The van der Waals surface area contributed by atoms with E-state index in [0.717, 1.165) is 115 Å². The van der Waals surface area contributed by atoms with Gasteiger partial charge in [-0.2, -0.15) is 0 Å². The first kappa shape index (κ1) is 50.1. The highest BCUT2D eigenvalue weighted by Crippen LogP contribution is 2.67. The first-order valence-corrected chi connectivity index (χ1v) is 26.8. The molecule has 0 bridgehead atoms. The van der Waals surface area contributed by atoms with Crippen molar-refractivity contribution in [1.82, 2.24) is 10.2 Å². The second-order valence-electron chi connectivity index (χ2n) is 22.6. The van der Waals surface area contributed by atoms with Gasteiger partial charge >= 0.3 is 6.09 Å². The summed E-state index contributed by atoms with van der Waals surface area (Å²) in [6.45, 7) is 15.0. The molecule has 0 spiro atoms. The lowest BCUT2D eigenvalue weighted by molar-refractivity contribution is -0.130. The van der Waals surface area contributed by atoms with Crippen LogP contribution in [-0.2, 0) is 19.9 Å². The van der Waals surface area contributed by atoms with Crippen LogP contribution in [0.2, 0.25) is 0 Å². The molecule has 0 aromatic heterocycles. The van der Waals surface area contributed by atoms with Crippen LogP contribution in [0.3, 0.4) is 0 Å². The van der Waals surface area contributed by atoms with E-state index < -0.39 is 5.60 Å². The fraction of sp³-hybridized carbons (Fsp3) is 0.633. The zero-order chi connectivity index (χ0) is 47.9. The molecule has 3 saturated carbocycles. The lowest BCUT2D eigenvalue weighted by Gasteiger charge is -2.58. The number of nitrogens with one attached hydrogen (secondary N) is 1. The predicted molar refractivity (Wildman–Crippen MR) is 273 cm³/mol. The number of rotatable bonds is 20. The molecule has 1 heterocycles. The Hall–Kier alpha value is -4.30.